The highest BCUT2D eigenvalue weighted by atomic mass is 19.1. The number of carbonyl (C=O) groups is 1. The van der Waals surface area contributed by atoms with Gasteiger partial charge in [0.25, 0.3) is 0 Å². The Morgan fingerprint density at radius 1 is 1.08 bits per heavy atom. The normalized spacial score (nSPS) is 16.9. The predicted octanol–water partition coefficient (Wildman–Crippen LogP) is 6.49. The topological polar surface area (TPSA) is 99.5 Å². The summed E-state index contributed by atoms with van der Waals surface area (Å²) in [6, 6.07) is 3.43. The molecule has 0 atom stereocenters. The number of ketones is 1. The van der Waals surface area contributed by atoms with Crippen LogP contribution < -0.4 is 10.6 Å². The molecule has 1 aromatic heterocycles. The molecule has 0 amide bonds. The Balaban J connectivity index is 0.000000431. The maximum Gasteiger partial charge on any atom is 0.223 e. The van der Waals surface area contributed by atoms with Gasteiger partial charge in [-0.2, -0.15) is 0 Å². The molecule has 0 bridgehead atoms. The van der Waals surface area contributed by atoms with Gasteiger partial charge in [-0.05, 0) is 51.7 Å². The Labute approximate surface area is 212 Å². The van der Waals surface area contributed by atoms with Crippen molar-refractivity contribution < 1.29 is 18.7 Å². The number of benzene rings is 1. The van der Waals surface area contributed by atoms with Gasteiger partial charge in [-0.3, -0.25) is 4.79 Å². The molecule has 0 radical (unpaired) electrons. The molecule has 198 valence electrons. The van der Waals surface area contributed by atoms with Crippen molar-refractivity contribution >= 4 is 28.9 Å². The van der Waals surface area contributed by atoms with Crippen LogP contribution in [0, 0.1) is 18.6 Å². The van der Waals surface area contributed by atoms with Crippen LogP contribution in [0.5, 0.6) is 0 Å². The maximum absolute atomic E-state index is 13.7. The number of nitrogens with zero attached hydrogens (tertiary/aromatic N) is 3. The lowest BCUT2D eigenvalue weighted by molar-refractivity contribution is -0.120. The minimum absolute atomic E-state index is 0.0359. The number of anilines is 2. The molecule has 2 aromatic rings. The van der Waals surface area contributed by atoms with Gasteiger partial charge < -0.3 is 15.7 Å². The monoisotopic (exact) mass is 503 g/mol. The standard InChI is InChI=1S/C19H21F2N5O.C6H12O.C2H6/c1-11-18(25-12(2)24-17-8-3-13(20)9-16(17)21)10-22-19(23-11)26-14-4-6-15(27)7-5-14;7-6-4-2-1-3-5-6;1-2/h3,8-10,14H,4-7H2,1-2H3,(H,24,25)(H,22,23,26);6-7H,1-5H2;1-2H3. The Kier molecular flexibility index (Phi) is 12.4. The summed E-state index contributed by atoms with van der Waals surface area (Å²) in [5, 5.41) is 15.2. The van der Waals surface area contributed by atoms with E-state index in [9.17, 15) is 13.6 Å². The van der Waals surface area contributed by atoms with E-state index in [4.69, 9.17) is 5.11 Å². The van der Waals surface area contributed by atoms with Crippen LogP contribution in [0.4, 0.5) is 26.1 Å². The molecular weight excluding hydrogens is 464 g/mol. The number of aliphatic hydroxyl groups excluding tert-OH is 1. The molecule has 4 rings (SSSR count). The van der Waals surface area contributed by atoms with Crippen molar-refractivity contribution in [3.8, 4) is 0 Å². The molecule has 3 N–H and O–H groups in total. The number of halogens is 2. The molecular formula is C27H39F2N5O2. The minimum Gasteiger partial charge on any atom is -0.393 e. The Hall–Kier alpha value is -2.94. The second-order valence-corrected chi connectivity index (χ2v) is 8.86. The number of hydrogen-bond donors (Lipinski definition) is 3. The second-order valence-electron chi connectivity index (χ2n) is 8.86. The fourth-order valence-electron chi connectivity index (χ4n) is 3.98. The number of nitrogens with one attached hydrogen (secondary N) is 2. The van der Waals surface area contributed by atoms with Gasteiger partial charge in [0, 0.05) is 24.9 Å². The zero-order chi connectivity index (χ0) is 26.5. The van der Waals surface area contributed by atoms with E-state index < -0.39 is 11.6 Å². The van der Waals surface area contributed by atoms with Crippen molar-refractivity contribution in [3.63, 3.8) is 0 Å². The molecule has 2 saturated carbocycles. The molecule has 36 heavy (non-hydrogen) atoms. The summed E-state index contributed by atoms with van der Waals surface area (Å²) in [7, 11) is 0. The first-order valence-electron chi connectivity index (χ1n) is 12.9. The summed E-state index contributed by atoms with van der Waals surface area (Å²) in [6.45, 7) is 7.50. The minimum atomic E-state index is -0.727. The van der Waals surface area contributed by atoms with Crippen LogP contribution in [-0.2, 0) is 4.79 Å². The lowest BCUT2D eigenvalue weighted by Gasteiger charge is -2.22. The molecule has 1 heterocycles. The molecule has 2 aliphatic carbocycles. The third-order valence-electron chi connectivity index (χ3n) is 5.94. The number of amidine groups is 1. The van der Waals surface area contributed by atoms with E-state index >= 15 is 0 Å². The lowest BCUT2D eigenvalue weighted by Crippen LogP contribution is -2.27. The SMILES string of the molecule is CC.CC(=Nc1ccc(F)cc1F)Nc1cnc(NC2CCC(=O)CC2)nc1C.OC1CCCCC1. The van der Waals surface area contributed by atoms with Crippen molar-refractivity contribution in [2.24, 2.45) is 4.99 Å². The van der Waals surface area contributed by atoms with Crippen molar-refractivity contribution in [2.45, 2.75) is 97.6 Å². The molecule has 7 nitrogen and oxygen atoms in total. The van der Waals surface area contributed by atoms with E-state index in [1.807, 2.05) is 20.8 Å². The van der Waals surface area contributed by atoms with Gasteiger partial charge in [0.05, 0.1) is 23.7 Å². The number of Topliss-reactive ketones (excluding diaryl/α,β-unsaturated/α-hetero) is 1. The fourth-order valence-corrected chi connectivity index (χ4v) is 3.98. The van der Waals surface area contributed by atoms with Gasteiger partial charge in [0.2, 0.25) is 5.95 Å². The molecule has 0 spiro atoms. The summed E-state index contributed by atoms with van der Waals surface area (Å²) in [5.41, 5.74) is 1.39. The number of hydrogen-bond acceptors (Lipinski definition) is 6. The zero-order valence-corrected chi connectivity index (χ0v) is 21.8. The average Bonchev–Trinajstić information content (AvgIpc) is 2.86. The molecule has 0 aliphatic heterocycles. The van der Waals surface area contributed by atoms with E-state index in [2.05, 4.69) is 25.6 Å². The van der Waals surface area contributed by atoms with E-state index in [1.165, 1.54) is 25.3 Å². The molecule has 9 heteroatoms. The van der Waals surface area contributed by atoms with Crippen LogP contribution in [0.2, 0.25) is 0 Å². The molecule has 1 aromatic carbocycles. The van der Waals surface area contributed by atoms with Gasteiger partial charge in [-0.25, -0.2) is 23.7 Å². The number of rotatable bonds is 4. The van der Waals surface area contributed by atoms with Gasteiger partial charge in [0.1, 0.15) is 23.1 Å². The Morgan fingerprint density at radius 2 is 1.75 bits per heavy atom. The van der Waals surface area contributed by atoms with Crippen molar-refractivity contribution in [1.82, 2.24) is 9.97 Å². The summed E-state index contributed by atoms with van der Waals surface area (Å²) >= 11 is 0. The number of aryl methyl sites for hydroxylation is 1. The fraction of sp³-hybridized carbons (Fsp3) is 0.556. The van der Waals surface area contributed by atoms with Crippen LogP contribution in [0.25, 0.3) is 0 Å². The molecule has 0 saturated heterocycles. The van der Waals surface area contributed by atoms with E-state index in [0.29, 0.717) is 41.8 Å². The van der Waals surface area contributed by atoms with Gasteiger partial charge in [-0.15, -0.1) is 0 Å². The quantitative estimate of drug-likeness (QED) is 0.326. The van der Waals surface area contributed by atoms with Crippen molar-refractivity contribution in [3.05, 3.63) is 41.7 Å². The first kappa shape index (κ1) is 29.3. The van der Waals surface area contributed by atoms with Crippen LogP contribution in [0.3, 0.4) is 0 Å². The van der Waals surface area contributed by atoms with Crippen LogP contribution in [0.1, 0.15) is 84.3 Å². The van der Waals surface area contributed by atoms with E-state index in [0.717, 1.165) is 37.8 Å². The van der Waals surface area contributed by atoms with Crippen molar-refractivity contribution in [1.29, 1.82) is 0 Å². The van der Waals surface area contributed by atoms with Crippen molar-refractivity contribution in [2.75, 3.05) is 10.6 Å². The number of aliphatic imine (C=N–C) groups is 1. The molecule has 2 aliphatic rings. The first-order chi connectivity index (χ1) is 17.3. The van der Waals surface area contributed by atoms with Crippen LogP contribution in [0.15, 0.2) is 29.4 Å². The van der Waals surface area contributed by atoms with Gasteiger partial charge in [-0.1, -0.05) is 33.1 Å². The third-order valence-corrected chi connectivity index (χ3v) is 5.94. The average molecular weight is 504 g/mol. The van der Waals surface area contributed by atoms with Gasteiger partial charge in [0.15, 0.2) is 5.82 Å². The molecule has 0 unspecified atom stereocenters. The highest BCUT2D eigenvalue weighted by Crippen LogP contribution is 2.21. The van der Waals surface area contributed by atoms with Gasteiger partial charge >= 0.3 is 0 Å². The van der Waals surface area contributed by atoms with Crippen LogP contribution in [-0.4, -0.2) is 38.8 Å². The Bertz CT molecular complexity index is 1000. The highest BCUT2D eigenvalue weighted by molar-refractivity contribution is 5.95. The summed E-state index contributed by atoms with van der Waals surface area (Å²) in [6.07, 6.45) is 10.3. The summed E-state index contributed by atoms with van der Waals surface area (Å²) in [5.74, 6) is -0.131. The smallest absolute Gasteiger partial charge is 0.223 e. The molecule has 2 fully saturated rings. The second kappa shape index (κ2) is 15.2. The number of aromatic nitrogens is 2. The van der Waals surface area contributed by atoms with Crippen LogP contribution >= 0.6 is 0 Å². The zero-order valence-electron chi connectivity index (χ0n) is 21.8. The van der Waals surface area contributed by atoms with E-state index in [1.54, 1.807) is 13.1 Å². The highest BCUT2D eigenvalue weighted by Gasteiger charge is 2.19. The summed E-state index contributed by atoms with van der Waals surface area (Å²) in [4.78, 5) is 24.2. The maximum atomic E-state index is 13.7. The first-order valence-corrected chi connectivity index (χ1v) is 12.9. The van der Waals surface area contributed by atoms with E-state index in [-0.39, 0.29) is 17.8 Å². The lowest BCUT2D eigenvalue weighted by atomic mass is 9.94. The predicted molar refractivity (Wildman–Crippen MR) is 141 cm³/mol. The summed E-state index contributed by atoms with van der Waals surface area (Å²) < 4.78 is 26.7. The Morgan fingerprint density at radius 3 is 2.31 bits per heavy atom. The number of aliphatic hydroxyl groups is 1. The third kappa shape index (κ3) is 9.97. The largest absolute Gasteiger partial charge is 0.393 e. The number of carbonyl (C=O) groups excluding carboxylic acids is 1.